The van der Waals surface area contributed by atoms with Gasteiger partial charge in [-0.15, -0.1) is 0 Å². The molecular weight excluding hydrogens is 252 g/mol. The standard InChI is InChI=1S/C16H24N2O2/c1-16(2,3)13-6-4-5-7-14(13)20-9-8-12-10-18(11-12)15(17)19/h4-7,12H,8-11H2,1-3H3,(H2,17,19). The number of nitrogens with two attached hydrogens (primary N) is 1. The van der Waals surface area contributed by atoms with Crippen LogP contribution in [0.25, 0.3) is 0 Å². The molecule has 1 aromatic rings. The van der Waals surface area contributed by atoms with Crippen molar-refractivity contribution in [3.63, 3.8) is 0 Å². The van der Waals surface area contributed by atoms with Crippen LogP contribution in [0.2, 0.25) is 0 Å². The highest BCUT2D eigenvalue weighted by Crippen LogP contribution is 2.31. The number of hydrogen-bond donors (Lipinski definition) is 1. The molecule has 1 aromatic carbocycles. The van der Waals surface area contributed by atoms with Gasteiger partial charge in [-0.1, -0.05) is 39.0 Å². The zero-order valence-corrected chi connectivity index (χ0v) is 12.6. The molecule has 20 heavy (non-hydrogen) atoms. The molecule has 2 rings (SSSR count). The van der Waals surface area contributed by atoms with Gasteiger partial charge < -0.3 is 15.4 Å². The number of hydrogen-bond acceptors (Lipinski definition) is 2. The van der Waals surface area contributed by atoms with E-state index in [0.29, 0.717) is 12.5 Å². The summed E-state index contributed by atoms with van der Waals surface area (Å²) >= 11 is 0. The van der Waals surface area contributed by atoms with E-state index in [9.17, 15) is 4.79 Å². The maximum Gasteiger partial charge on any atom is 0.314 e. The third kappa shape index (κ3) is 3.44. The number of likely N-dealkylation sites (tertiary alicyclic amines) is 1. The monoisotopic (exact) mass is 276 g/mol. The second-order valence-corrected chi connectivity index (χ2v) is 6.49. The van der Waals surface area contributed by atoms with Crippen molar-refractivity contribution in [2.45, 2.75) is 32.6 Å². The van der Waals surface area contributed by atoms with Crippen LogP contribution in [0.1, 0.15) is 32.8 Å². The fourth-order valence-corrected chi connectivity index (χ4v) is 2.48. The Hall–Kier alpha value is -1.71. The van der Waals surface area contributed by atoms with Gasteiger partial charge in [0.25, 0.3) is 0 Å². The van der Waals surface area contributed by atoms with E-state index in [1.54, 1.807) is 4.90 Å². The number of carbonyl (C=O) groups is 1. The van der Waals surface area contributed by atoms with Crippen molar-refractivity contribution in [3.8, 4) is 5.75 Å². The Morgan fingerprint density at radius 2 is 2.00 bits per heavy atom. The van der Waals surface area contributed by atoms with E-state index in [-0.39, 0.29) is 11.4 Å². The molecule has 110 valence electrons. The van der Waals surface area contributed by atoms with Crippen molar-refractivity contribution >= 4 is 6.03 Å². The lowest BCUT2D eigenvalue weighted by atomic mass is 9.86. The molecule has 1 aliphatic rings. The fraction of sp³-hybridized carbons (Fsp3) is 0.562. The van der Waals surface area contributed by atoms with Crippen LogP contribution in [0, 0.1) is 5.92 Å². The molecule has 0 atom stereocenters. The van der Waals surface area contributed by atoms with E-state index in [0.717, 1.165) is 25.3 Å². The van der Waals surface area contributed by atoms with Crippen molar-refractivity contribution in [2.24, 2.45) is 11.7 Å². The van der Waals surface area contributed by atoms with Crippen LogP contribution in [0.4, 0.5) is 4.79 Å². The van der Waals surface area contributed by atoms with Crippen molar-refractivity contribution in [1.82, 2.24) is 4.90 Å². The van der Waals surface area contributed by atoms with Crippen molar-refractivity contribution in [2.75, 3.05) is 19.7 Å². The lowest BCUT2D eigenvalue weighted by molar-refractivity contribution is 0.110. The zero-order valence-electron chi connectivity index (χ0n) is 12.6. The summed E-state index contributed by atoms with van der Waals surface area (Å²) in [5.41, 5.74) is 6.51. The highest BCUT2D eigenvalue weighted by Gasteiger charge is 2.29. The first-order chi connectivity index (χ1) is 9.38. The average Bonchev–Trinajstić information content (AvgIpc) is 2.30. The van der Waals surface area contributed by atoms with Crippen LogP contribution in [0.15, 0.2) is 24.3 Å². The first-order valence-electron chi connectivity index (χ1n) is 7.14. The molecular formula is C16H24N2O2. The molecule has 2 N–H and O–H groups in total. The van der Waals surface area contributed by atoms with Gasteiger partial charge in [0.15, 0.2) is 0 Å². The minimum Gasteiger partial charge on any atom is -0.493 e. The SMILES string of the molecule is CC(C)(C)c1ccccc1OCCC1CN(C(N)=O)C1. The van der Waals surface area contributed by atoms with Crippen molar-refractivity contribution in [1.29, 1.82) is 0 Å². The summed E-state index contributed by atoms with van der Waals surface area (Å²) in [4.78, 5) is 12.6. The molecule has 1 saturated heterocycles. The van der Waals surface area contributed by atoms with Gasteiger partial charge >= 0.3 is 6.03 Å². The van der Waals surface area contributed by atoms with E-state index in [2.05, 4.69) is 26.8 Å². The molecule has 0 aliphatic carbocycles. The minimum absolute atomic E-state index is 0.0792. The van der Waals surface area contributed by atoms with Crippen LogP contribution in [-0.2, 0) is 5.41 Å². The van der Waals surface area contributed by atoms with E-state index in [4.69, 9.17) is 10.5 Å². The van der Waals surface area contributed by atoms with Crippen LogP contribution >= 0.6 is 0 Å². The molecule has 4 nitrogen and oxygen atoms in total. The van der Waals surface area contributed by atoms with Gasteiger partial charge in [-0.25, -0.2) is 4.79 Å². The summed E-state index contributed by atoms with van der Waals surface area (Å²) in [5, 5.41) is 0. The maximum absolute atomic E-state index is 10.9. The summed E-state index contributed by atoms with van der Waals surface area (Å²) in [6.07, 6.45) is 0.961. The molecule has 0 radical (unpaired) electrons. The van der Waals surface area contributed by atoms with Gasteiger partial charge in [0.1, 0.15) is 5.75 Å². The van der Waals surface area contributed by atoms with Crippen LogP contribution < -0.4 is 10.5 Å². The second-order valence-electron chi connectivity index (χ2n) is 6.49. The molecule has 1 fully saturated rings. The Labute approximate surface area is 120 Å². The number of benzene rings is 1. The number of para-hydroxylation sites is 1. The molecule has 0 saturated carbocycles. The summed E-state index contributed by atoms with van der Waals surface area (Å²) in [6, 6.07) is 7.87. The third-order valence-corrected chi connectivity index (χ3v) is 3.75. The molecule has 0 bridgehead atoms. The molecule has 0 aromatic heterocycles. The van der Waals surface area contributed by atoms with Crippen molar-refractivity contribution < 1.29 is 9.53 Å². The molecule has 1 heterocycles. The molecule has 2 amide bonds. The smallest absolute Gasteiger partial charge is 0.314 e. The van der Waals surface area contributed by atoms with Gasteiger partial charge in [0, 0.05) is 13.1 Å². The van der Waals surface area contributed by atoms with Gasteiger partial charge in [-0.3, -0.25) is 0 Å². The summed E-state index contributed by atoms with van der Waals surface area (Å²) < 4.78 is 5.93. The van der Waals surface area contributed by atoms with E-state index < -0.39 is 0 Å². The largest absolute Gasteiger partial charge is 0.493 e. The van der Waals surface area contributed by atoms with Crippen LogP contribution in [-0.4, -0.2) is 30.6 Å². The van der Waals surface area contributed by atoms with Gasteiger partial charge in [-0.05, 0) is 29.4 Å². The van der Waals surface area contributed by atoms with Gasteiger partial charge in [0.05, 0.1) is 6.61 Å². The number of nitrogens with zero attached hydrogens (tertiary/aromatic N) is 1. The first kappa shape index (κ1) is 14.7. The number of ether oxygens (including phenoxy) is 1. The summed E-state index contributed by atoms with van der Waals surface area (Å²) in [5.74, 6) is 1.48. The first-order valence-corrected chi connectivity index (χ1v) is 7.14. The number of primary amides is 1. The quantitative estimate of drug-likeness (QED) is 0.919. The van der Waals surface area contributed by atoms with Crippen LogP contribution in [0.5, 0.6) is 5.75 Å². The zero-order chi connectivity index (χ0) is 14.8. The highest BCUT2D eigenvalue weighted by atomic mass is 16.5. The van der Waals surface area contributed by atoms with Gasteiger partial charge in [0.2, 0.25) is 0 Å². The molecule has 1 aliphatic heterocycles. The van der Waals surface area contributed by atoms with E-state index >= 15 is 0 Å². The topological polar surface area (TPSA) is 55.6 Å². The lowest BCUT2D eigenvalue weighted by Crippen LogP contribution is -2.52. The van der Waals surface area contributed by atoms with Crippen molar-refractivity contribution in [3.05, 3.63) is 29.8 Å². The Bertz CT molecular complexity index is 474. The minimum atomic E-state index is -0.319. The Kier molecular flexibility index (Phi) is 4.21. The number of rotatable bonds is 4. The third-order valence-electron chi connectivity index (χ3n) is 3.75. The van der Waals surface area contributed by atoms with E-state index in [1.165, 1.54) is 5.56 Å². The Morgan fingerprint density at radius 3 is 2.60 bits per heavy atom. The summed E-state index contributed by atoms with van der Waals surface area (Å²) in [6.45, 7) is 8.77. The Morgan fingerprint density at radius 1 is 1.35 bits per heavy atom. The highest BCUT2D eigenvalue weighted by molar-refractivity contribution is 5.72. The predicted octanol–water partition coefficient (Wildman–Crippen LogP) is 2.76. The number of carbonyl (C=O) groups excluding carboxylic acids is 1. The second kappa shape index (κ2) is 5.73. The molecule has 0 unspecified atom stereocenters. The fourth-order valence-electron chi connectivity index (χ4n) is 2.48. The maximum atomic E-state index is 10.9. The predicted molar refractivity (Wildman–Crippen MR) is 79.9 cm³/mol. The molecule has 0 spiro atoms. The number of urea groups is 1. The molecule has 4 heteroatoms. The Balaban J connectivity index is 1.82. The summed E-state index contributed by atoms with van der Waals surface area (Å²) in [7, 11) is 0. The van der Waals surface area contributed by atoms with Crippen LogP contribution in [0.3, 0.4) is 0 Å². The van der Waals surface area contributed by atoms with E-state index in [1.807, 2.05) is 18.2 Å². The van der Waals surface area contributed by atoms with Gasteiger partial charge in [-0.2, -0.15) is 0 Å². The average molecular weight is 276 g/mol. The number of amides is 2. The lowest BCUT2D eigenvalue weighted by Gasteiger charge is -2.38. The normalized spacial score (nSPS) is 15.8.